The minimum Gasteiger partial charge on any atom is -0.494 e. The third-order valence-corrected chi connectivity index (χ3v) is 6.55. The van der Waals surface area contributed by atoms with Gasteiger partial charge in [-0.15, -0.1) is 0 Å². The molecule has 3 rings (SSSR count). The number of carbonyl (C=O) groups is 1. The third kappa shape index (κ3) is 9.88. The number of carbonyl (C=O) groups excluding carboxylic acids is 1. The number of aromatic amines is 1. The molecule has 0 saturated carbocycles. The summed E-state index contributed by atoms with van der Waals surface area (Å²) in [6.07, 6.45) is 11.6. The number of rotatable bonds is 18. The molecule has 0 bridgehead atoms. The first-order valence-electron chi connectivity index (χ1n) is 14.3. The van der Waals surface area contributed by atoms with Crippen molar-refractivity contribution in [1.82, 2.24) is 10.2 Å². The summed E-state index contributed by atoms with van der Waals surface area (Å²) in [4.78, 5) is 12.0. The van der Waals surface area contributed by atoms with E-state index in [-0.39, 0.29) is 5.97 Å². The summed E-state index contributed by atoms with van der Waals surface area (Å²) < 4.78 is 16.9. The van der Waals surface area contributed by atoms with Crippen LogP contribution in [-0.4, -0.2) is 35.5 Å². The fraction of sp³-hybridized carbons (Fsp3) is 0.500. The molecule has 38 heavy (non-hydrogen) atoms. The van der Waals surface area contributed by atoms with Gasteiger partial charge in [-0.25, -0.2) is 4.79 Å². The average molecular weight is 521 g/mol. The standard InChI is InChI=1S/C32H44N2O4/c1-4-6-8-9-10-11-12-13-23-36-28-18-14-26(15-19-28)30-24-31(34-33-30)27-16-20-29(21-17-27)38-25(3)32(35)37-22-7-5-2/h14-21,24-25H,4-13,22-23H2,1-3H3,(H,33,34)/t25-/m1/s1. The van der Waals surface area contributed by atoms with Crippen molar-refractivity contribution in [3.63, 3.8) is 0 Å². The lowest BCUT2D eigenvalue weighted by Gasteiger charge is -2.14. The van der Waals surface area contributed by atoms with Gasteiger partial charge in [0, 0.05) is 5.56 Å². The van der Waals surface area contributed by atoms with Crippen LogP contribution in [0.5, 0.6) is 11.5 Å². The predicted octanol–water partition coefficient (Wildman–Crippen LogP) is 8.37. The number of benzene rings is 2. The van der Waals surface area contributed by atoms with Gasteiger partial charge in [-0.1, -0.05) is 65.2 Å². The summed E-state index contributed by atoms with van der Waals surface area (Å²) in [6.45, 7) is 7.21. The molecular weight excluding hydrogens is 476 g/mol. The maximum Gasteiger partial charge on any atom is 0.347 e. The summed E-state index contributed by atoms with van der Waals surface area (Å²) in [7, 11) is 0. The van der Waals surface area contributed by atoms with E-state index in [1.54, 1.807) is 6.92 Å². The van der Waals surface area contributed by atoms with E-state index >= 15 is 0 Å². The van der Waals surface area contributed by atoms with Crippen LogP contribution in [0, 0.1) is 0 Å². The first kappa shape index (κ1) is 29.3. The number of ether oxygens (including phenoxy) is 3. The SMILES string of the molecule is CCCCCCCCCCOc1ccc(-c2cc(-c3ccc(O[C@H](C)C(=O)OCCCC)cc3)[nH]n2)cc1. The number of unbranched alkanes of at least 4 members (excludes halogenated alkanes) is 8. The summed E-state index contributed by atoms with van der Waals surface area (Å²) >= 11 is 0. The van der Waals surface area contributed by atoms with E-state index < -0.39 is 6.10 Å². The second-order valence-corrected chi connectivity index (χ2v) is 9.82. The van der Waals surface area contributed by atoms with Gasteiger partial charge in [0.25, 0.3) is 0 Å². The quantitative estimate of drug-likeness (QED) is 0.135. The van der Waals surface area contributed by atoms with Crippen LogP contribution in [0.2, 0.25) is 0 Å². The highest BCUT2D eigenvalue weighted by atomic mass is 16.6. The molecule has 0 saturated heterocycles. The van der Waals surface area contributed by atoms with E-state index in [4.69, 9.17) is 14.2 Å². The number of aromatic nitrogens is 2. The van der Waals surface area contributed by atoms with Crippen LogP contribution in [-0.2, 0) is 9.53 Å². The van der Waals surface area contributed by atoms with Gasteiger partial charge in [-0.3, -0.25) is 5.10 Å². The van der Waals surface area contributed by atoms with Crippen molar-refractivity contribution in [1.29, 1.82) is 0 Å². The monoisotopic (exact) mass is 520 g/mol. The van der Waals surface area contributed by atoms with Gasteiger partial charge in [0.1, 0.15) is 11.5 Å². The van der Waals surface area contributed by atoms with Crippen LogP contribution in [0.25, 0.3) is 22.5 Å². The van der Waals surface area contributed by atoms with Crippen LogP contribution >= 0.6 is 0 Å². The van der Waals surface area contributed by atoms with E-state index in [0.717, 1.165) is 54.1 Å². The summed E-state index contributed by atoms with van der Waals surface area (Å²) in [5, 5.41) is 7.60. The Morgan fingerprint density at radius 2 is 1.37 bits per heavy atom. The van der Waals surface area contributed by atoms with E-state index in [9.17, 15) is 4.79 Å². The molecule has 6 nitrogen and oxygen atoms in total. The van der Waals surface area contributed by atoms with Crippen molar-refractivity contribution < 1.29 is 19.0 Å². The Morgan fingerprint density at radius 3 is 2.05 bits per heavy atom. The largest absolute Gasteiger partial charge is 0.494 e. The fourth-order valence-electron chi connectivity index (χ4n) is 4.17. The smallest absolute Gasteiger partial charge is 0.347 e. The highest BCUT2D eigenvalue weighted by Crippen LogP contribution is 2.27. The van der Waals surface area contributed by atoms with Gasteiger partial charge in [-0.05, 0) is 79.9 Å². The Kier molecular flexibility index (Phi) is 12.7. The molecule has 0 amide bonds. The van der Waals surface area contributed by atoms with E-state index in [1.165, 1.54) is 44.9 Å². The maximum atomic E-state index is 12.0. The van der Waals surface area contributed by atoms with Crippen LogP contribution in [0.1, 0.15) is 85.0 Å². The molecule has 0 radical (unpaired) electrons. The lowest BCUT2D eigenvalue weighted by Crippen LogP contribution is -2.26. The zero-order valence-electron chi connectivity index (χ0n) is 23.3. The molecule has 6 heteroatoms. The molecule has 1 atom stereocenters. The van der Waals surface area contributed by atoms with E-state index in [0.29, 0.717) is 12.4 Å². The first-order valence-corrected chi connectivity index (χ1v) is 14.3. The summed E-state index contributed by atoms with van der Waals surface area (Å²) in [5.41, 5.74) is 3.80. The van der Waals surface area contributed by atoms with Crippen molar-refractivity contribution in [3.05, 3.63) is 54.6 Å². The molecule has 0 aliphatic rings. The molecule has 1 heterocycles. The summed E-state index contributed by atoms with van der Waals surface area (Å²) in [6, 6.07) is 17.7. The average Bonchev–Trinajstić information content (AvgIpc) is 3.43. The molecule has 1 N–H and O–H groups in total. The third-order valence-electron chi connectivity index (χ3n) is 6.55. The van der Waals surface area contributed by atoms with Crippen LogP contribution in [0.4, 0.5) is 0 Å². The maximum absolute atomic E-state index is 12.0. The molecule has 3 aromatic rings. The highest BCUT2D eigenvalue weighted by molar-refractivity contribution is 5.74. The Bertz CT molecular complexity index is 1060. The van der Waals surface area contributed by atoms with Gasteiger partial charge in [0.05, 0.1) is 24.6 Å². The second kappa shape index (κ2) is 16.5. The number of nitrogens with zero attached hydrogens (tertiary/aromatic N) is 1. The summed E-state index contributed by atoms with van der Waals surface area (Å²) in [5.74, 6) is 1.17. The van der Waals surface area contributed by atoms with Crippen LogP contribution in [0.15, 0.2) is 54.6 Å². The molecule has 0 spiro atoms. The molecular formula is C32H44N2O4. The molecule has 0 aliphatic carbocycles. The number of H-pyrrole nitrogens is 1. The number of hydrogen-bond donors (Lipinski definition) is 1. The Hall–Kier alpha value is -3.28. The van der Waals surface area contributed by atoms with Crippen molar-refractivity contribution in [2.24, 2.45) is 0 Å². The molecule has 0 unspecified atom stereocenters. The fourth-order valence-corrected chi connectivity index (χ4v) is 4.17. The van der Waals surface area contributed by atoms with Gasteiger partial charge in [-0.2, -0.15) is 5.10 Å². The number of esters is 1. The van der Waals surface area contributed by atoms with Crippen molar-refractivity contribution in [2.75, 3.05) is 13.2 Å². The zero-order chi connectivity index (χ0) is 27.0. The Morgan fingerprint density at radius 1 is 0.763 bits per heavy atom. The van der Waals surface area contributed by atoms with Crippen molar-refractivity contribution in [3.8, 4) is 34.0 Å². The van der Waals surface area contributed by atoms with Crippen LogP contribution < -0.4 is 9.47 Å². The molecule has 0 aliphatic heterocycles. The van der Waals surface area contributed by atoms with Crippen molar-refractivity contribution in [2.45, 2.75) is 91.1 Å². The predicted molar refractivity (Wildman–Crippen MR) is 154 cm³/mol. The van der Waals surface area contributed by atoms with Gasteiger partial charge >= 0.3 is 5.97 Å². The lowest BCUT2D eigenvalue weighted by atomic mass is 10.1. The van der Waals surface area contributed by atoms with Gasteiger partial charge in [0.15, 0.2) is 6.10 Å². The first-order chi connectivity index (χ1) is 18.6. The van der Waals surface area contributed by atoms with Crippen molar-refractivity contribution >= 4 is 5.97 Å². The number of nitrogens with one attached hydrogen (secondary N) is 1. The normalized spacial score (nSPS) is 11.8. The van der Waals surface area contributed by atoms with Gasteiger partial charge < -0.3 is 14.2 Å². The number of hydrogen-bond acceptors (Lipinski definition) is 5. The molecule has 0 fully saturated rings. The minimum atomic E-state index is -0.649. The van der Waals surface area contributed by atoms with Crippen LogP contribution in [0.3, 0.4) is 0 Å². The second-order valence-electron chi connectivity index (χ2n) is 9.82. The highest BCUT2D eigenvalue weighted by Gasteiger charge is 2.16. The van der Waals surface area contributed by atoms with E-state index in [1.807, 2.05) is 54.6 Å². The lowest BCUT2D eigenvalue weighted by molar-refractivity contribution is -0.151. The molecule has 2 aromatic carbocycles. The minimum absolute atomic E-state index is 0.342. The Balaban J connectivity index is 1.43. The zero-order valence-corrected chi connectivity index (χ0v) is 23.3. The molecule has 206 valence electrons. The van der Waals surface area contributed by atoms with E-state index in [2.05, 4.69) is 24.0 Å². The molecule has 1 aromatic heterocycles. The topological polar surface area (TPSA) is 73.4 Å². The van der Waals surface area contributed by atoms with Gasteiger partial charge in [0.2, 0.25) is 0 Å². The Labute approximate surface area is 228 Å².